The molecule has 1 aliphatic rings. The number of amides is 1. The zero-order valence-electron chi connectivity index (χ0n) is 11.3. The molecule has 0 aromatic heterocycles. The van der Waals surface area contributed by atoms with E-state index in [4.69, 9.17) is 0 Å². The van der Waals surface area contributed by atoms with Gasteiger partial charge in [-0.05, 0) is 58.5 Å². The second-order valence-electron chi connectivity index (χ2n) is 6.15. The molecule has 2 rings (SSSR count). The first kappa shape index (κ1) is 13.8. The van der Waals surface area contributed by atoms with Crippen LogP contribution in [-0.4, -0.2) is 23.9 Å². The Kier molecular flexibility index (Phi) is 3.99. The van der Waals surface area contributed by atoms with Gasteiger partial charge in [-0.15, -0.1) is 0 Å². The highest BCUT2D eigenvalue weighted by Gasteiger charge is 2.25. The minimum atomic E-state index is 0.207. The molecular formula is C15H20INO. The van der Waals surface area contributed by atoms with Crippen LogP contribution >= 0.6 is 22.6 Å². The third kappa shape index (κ3) is 3.25. The minimum absolute atomic E-state index is 0.207. The minimum Gasteiger partial charge on any atom is -0.338 e. The van der Waals surface area contributed by atoms with E-state index < -0.39 is 0 Å². The van der Waals surface area contributed by atoms with Crippen molar-refractivity contribution < 1.29 is 4.79 Å². The molecular weight excluding hydrogens is 337 g/mol. The molecule has 1 heterocycles. The first-order valence-electron chi connectivity index (χ1n) is 6.44. The van der Waals surface area contributed by atoms with Crippen molar-refractivity contribution in [3.8, 4) is 0 Å². The van der Waals surface area contributed by atoms with Crippen molar-refractivity contribution in [3.05, 3.63) is 32.9 Å². The average molecular weight is 357 g/mol. The lowest BCUT2D eigenvalue weighted by Gasteiger charge is -2.31. The van der Waals surface area contributed by atoms with Crippen molar-refractivity contribution in [2.24, 2.45) is 5.41 Å². The molecule has 0 unspecified atom stereocenters. The van der Waals surface area contributed by atoms with Crippen LogP contribution in [0.5, 0.6) is 0 Å². The Morgan fingerprint density at radius 3 is 2.72 bits per heavy atom. The second kappa shape index (κ2) is 5.19. The highest BCUT2D eigenvalue weighted by atomic mass is 127. The van der Waals surface area contributed by atoms with Gasteiger partial charge in [0.1, 0.15) is 0 Å². The predicted molar refractivity (Wildman–Crippen MR) is 82.8 cm³/mol. The number of hydrogen-bond acceptors (Lipinski definition) is 1. The van der Waals surface area contributed by atoms with Gasteiger partial charge in [-0.2, -0.15) is 0 Å². The molecule has 0 N–H and O–H groups in total. The molecule has 0 saturated heterocycles. The number of carbonyl (C=O) groups excluding carboxylic acids is 1. The van der Waals surface area contributed by atoms with Gasteiger partial charge in [0, 0.05) is 22.2 Å². The molecule has 3 heteroatoms. The number of nitrogens with zero attached hydrogens (tertiary/aromatic N) is 1. The second-order valence-corrected chi connectivity index (χ2v) is 7.40. The van der Waals surface area contributed by atoms with E-state index in [-0.39, 0.29) is 11.3 Å². The summed E-state index contributed by atoms with van der Waals surface area (Å²) in [6.07, 6.45) is 2.04. The van der Waals surface area contributed by atoms with Crippen molar-refractivity contribution in [1.29, 1.82) is 0 Å². The van der Waals surface area contributed by atoms with E-state index in [1.807, 2.05) is 11.0 Å². The molecule has 0 bridgehead atoms. The largest absolute Gasteiger partial charge is 0.338 e. The molecule has 98 valence electrons. The zero-order valence-corrected chi connectivity index (χ0v) is 13.5. The number of halogens is 1. The van der Waals surface area contributed by atoms with Crippen molar-refractivity contribution >= 4 is 28.5 Å². The maximum absolute atomic E-state index is 12.4. The monoisotopic (exact) mass is 357 g/mol. The Balaban J connectivity index is 2.13. The number of hydrogen-bond donors (Lipinski definition) is 0. The van der Waals surface area contributed by atoms with Crippen molar-refractivity contribution in [1.82, 2.24) is 4.90 Å². The van der Waals surface area contributed by atoms with Gasteiger partial charge >= 0.3 is 0 Å². The summed E-state index contributed by atoms with van der Waals surface area (Å²) in [4.78, 5) is 14.4. The van der Waals surface area contributed by atoms with Crippen molar-refractivity contribution in [2.45, 2.75) is 33.6 Å². The molecule has 0 spiro atoms. The molecule has 1 aliphatic heterocycles. The van der Waals surface area contributed by atoms with E-state index in [1.54, 1.807) is 0 Å². The Hall–Kier alpha value is -0.580. The van der Waals surface area contributed by atoms with E-state index in [1.165, 1.54) is 5.56 Å². The van der Waals surface area contributed by atoms with Gasteiger partial charge in [0.15, 0.2) is 0 Å². The quantitative estimate of drug-likeness (QED) is 0.739. The van der Waals surface area contributed by atoms with Gasteiger partial charge in [-0.25, -0.2) is 0 Å². The number of benzene rings is 1. The van der Waals surface area contributed by atoms with Crippen LogP contribution in [0.2, 0.25) is 0 Å². The zero-order chi connectivity index (χ0) is 13.3. The molecule has 0 saturated carbocycles. The number of carbonyl (C=O) groups is 1. The molecule has 2 nitrogen and oxygen atoms in total. The Morgan fingerprint density at radius 2 is 2.06 bits per heavy atom. The smallest absolute Gasteiger partial charge is 0.254 e. The van der Waals surface area contributed by atoms with Gasteiger partial charge in [-0.3, -0.25) is 4.79 Å². The van der Waals surface area contributed by atoms with E-state index in [0.29, 0.717) is 0 Å². The summed E-state index contributed by atoms with van der Waals surface area (Å²) in [6.45, 7) is 8.39. The molecule has 1 amide bonds. The molecule has 1 aromatic rings. The molecule has 0 aliphatic carbocycles. The maximum atomic E-state index is 12.4. The third-order valence-corrected chi connectivity index (χ3v) is 4.04. The van der Waals surface area contributed by atoms with E-state index in [2.05, 4.69) is 55.5 Å². The molecule has 18 heavy (non-hydrogen) atoms. The maximum Gasteiger partial charge on any atom is 0.254 e. The summed E-state index contributed by atoms with van der Waals surface area (Å²) >= 11 is 2.27. The van der Waals surface area contributed by atoms with E-state index in [0.717, 1.165) is 35.1 Å². The highest BCUT2D eigenvalue weighted by molar-refractivity contribution is 14.1. The molecule has 0 atom stereocenters. The first-order valence-corrected chi connectivity index (χ1v) is 7.52. The summed E-state index contributed by atoms with van der Waals surface area (Å²) in [5.41, 5.74) is 2.39. The van der Waals surface area contributed by atoms with Crippen LogP contribution < -0.4 is 0 Å². The normalized spacial score (nSPS) is 15.8. The van der Waals surface area contributed by atoms with Crippen LogP contribution in [0.1, 0.15) is 43.1 Å². The molecule has 0 fully saturated rings. The first-order chi connectivity index (χ1) is 8.37. The van der Waals surface area contributed by atoms with Crippen molar-refractivity contribution in [3.63, 3.8) is 0 Å². The van der Waals surface area contributed by atoms with Crippen LogP contribution in [0.4, 0.5) is 0 Å². The van der Waals surface area contributed by atoms with Gasteiger partial charge in [0.2, 0.25) is 0 Å². The predicted octanol–water partition coefficient (Wildman–Crippen LogP) is 3.73. The fourth-order valence-electron chi connectivity index (χ4n) is 2.18. The Morgan fingerprint density at radius 1 is 1.33 bits per heavy atom. The summed E-state index contributed by atoms with van der Waals surface area (Å²) in [7, 11) is 0. The fourth-order valence-corrected chi connectivity index (χ4v) is 2.67. The summed E-state index contributed by atoms with van der Waals surface area (Å²) in [5, 5.41) is 0. The Bertz CT molecular complexity index is 462. The highest BCUT2D eigenvalue weighted by Crippen LogP contribution is 2.24. The summed E-state index contributed by atoms with van der Waals surface area (Å²) in [6, 6.07) is 6.19. The van der Waals surface area contributed by atoms with Gasteiger partial charge in [-0.1, -0.05) is 26.8 Å². The van der Waals surface area contributed by atoms with Gasteiger partial charge in [0.05, 0.1) is 0 Å². The fraction of sp³-hybridized carbons (Fsp3) is 0.533. The van der Waals surface area contributed by atoms with Crippen LogP contribution in [0.25, 0.3) is 0 Å². The number of fused-ring (bicyclic) bond motifs is 1. The molecule has 1 aromatic carbocycles. The van der Waals surface area contributed by atoms with E-state index in [9.17, 15) is 4.79 Å². The van der Waals surface area contributed by atoms with Gasteiger partial charge < -0.3 is 4.90 Å². The summed E-state index contributed by atoms with van der Waals surface area (Å²) < 4.78 is 1.14. The van der Waals surface area contributed by atoms with Crippen molar-refractivity contribution in [2.75, 3.05) is 13.1 Å². The van der Waals surface area contributed by atoms with Crippen LogP contribution in [0.15, 0.2) is 18.2 Å². The lowest BCUT2D eigenvalue weighted by molar-refractivity contribution is 0.0721. The van der Waals surface area contributed by atoms with Crippen LogP contribution in [-0.2, 0) is 6.42 Å². The van der Waals surface area contributed by atoms with Gasteiger partial charge in [0.25, 0.3) is 5.91 Å². The topological polar surface area (TPSA) is 20.3 Å². The van der Waals surface area contributed by atoms with Crippen LogP contribution in [0.3, 0.4) is 0 Å². The standard InChI is InChI=1S/C15H20INO/c1-15(2,3)7-9-17-8-6-11-4-5-12(16)10-13(11)14(17)18/h4-5,10H,6-9H2,1-3H3. The lowest BCUT2D eigenvalue weighted by atomic mass is 9.91. The number of rotatable bonds is 2. The average Bonchev–Trinajstić information content (AvgIpc) is 2.28. The van der Waals surface area contributed by atoms with E-state index >= 15 is 0 Å². The third-order valence-electron chi connectivity index (χ3n) is 3.37. The summed E-state index contributed by atoms with van der Waals surface area (Å²) in [5.74, 6) is 0.207. The van der Waals surface area contributed by atoms with Crippen LogP contribution in [0, 0.1) is 8.99 Å². The Labute approximate surface area is 123 Å². The molecule has 0 radical (unpaired) electrons. The SMILES string of the molecule is CC(C)(C)CCN1CCc2ccc(I)cc2C1=O. The lowest BCUT2D eigenvalue weighted by Crippen LogP contribution is -2.39.